The summed E-state index contributed by atoms with van der Waals surface area (Å²) in [6.07, 6.45) is -0.552. The predicted octanol–water partition coefficient (Wildman–Crippen LogP) is 4.05. The Labute approximate surface area is 146 Å². The number of esters is 1. The molecule has 1 N–H and O–H groups in total. The van der Waals surface area contributed by atoms with Gasteiger partial charge in [0.05, 0.1) is 6.42 Å². The van der Waals surface area contributed by atoms with Crippen molar-refractivity contribution in [3.05, 3.63) is 60.2 Å². The van der Waals surface area contributed by atoms with Crippen LogP contribution in [-0.2, 0) is 14.3 Å². The molecule has 0 heterocycles. The van der Waals surface area contributed by atoms with E-state index in [0.29, 0.717) is 11.4 Å². The summed E-state index contributed by atoms with van der Waals surface area (Å²) in [7, 11) is 0. The first-order valence-corrected chi connectivity index (χ1v) is 8.78. The Balaban J connectivity index is 1.71. The first-order valence-electron chi connectivity index (χ1n) is 7.79. The molecule has 0 saturated carbocycles. The molecule has 2 aromatic carbocycles. The highest BCUT2D eigenvalue weighted by atomic mass is 32.2. The zero-order valence-electron chi connectivity index (χ0n) is 13.8. The van der Waals surface area contributed by atoms with Gasteiger partial charge in [0.25, 0.3) is 5.91 Å². The number of carbonyl (C=O) groups is 2. The van der Waals surface area contributed by atoms with Gasteiger partial charge in [0, 0.05) is 16.3 Å². The lowest BCUT2D eigenvalue weighted by molar-refractivity contribution is -0.152. The van der Waals surface area contributed by atoms with Crippen molar-refractivity contribution in [2.45, 2.75) is 31.3 Å². The average Bonchev–Trinajstić information content (AvgIpc) is 2.57. The summed E-state index contributed by atoms with van der Waals surface area (Å²) in [6, 6.07) is 17.2. The number of amides is 1. The number of hydrogen-bond acceptors (Lipinski definition) is 4. The van der Waals surface area contributed by atoms with E-state index in [1.807, 2.05) is 49.4 Å². The second-order valence-electron chi connectivity index (χ2n) is 5.40. The fraction of sp³-hybridized carbons (Fsp3) is 0.263. The molecular weight excluding hydrogens is 322 g/mol. The Bertz CT molecular complexity index is 671. The summed E-state index contributed by atoms with van der Waals surface area (Å²) in [4.78, 5) is 24.9. The number of rotatable bonds is 7. The zero-order valence-corrected chi connectivity index (χ0v) is 14.6. The second kappa shape index (κ2) is 9.13. The van der Waals surface area contributed by atoms with Crippen molar-refractivity contribution in [3.8, 4) is 0 Å². The van der Waals surface area contributed by atoms with Gasteiger partial charge < -0.3 is 10.1 Å². The predicted molar refractivity (Wildman–Crippen MR) is 97.1 cm³/mol. The van der Waals surface area contributed by atoms with E-state index in [1.54, 1.807) is 30.8 Å². The average molecular weight is 343 g/mol. The monoisotopic (exact) mass is 343 g/mol. The van der Waals surface area contributed by atoms with Crippen LogP contribution in [0.25, 0.3) is 0 Å². The van der Waals surface area contributed by atoms with Crippen LogP contribution in [0.4, 0.5) is 5.69 Å². The maximum atomic E-state index is 12.0. The molecule has 126 valence electrons. The number of aryl methyl sites for hydroxylation is 1. The van der Waals surface area contributed by atoms with Crippen molar-refractivity contribution < 1.29 is 14.3 Å². The summed E-state index contributed by atoms with van der Waals surface area (Å²) in [6.45, 7) is 3.61. The third kappa shape index (κ3) is 6.08. The third-order valence-corrected chi connectivity index (χ3v) is 4.33. The first kappa shape index (κ1) is 18.1. The molecule has 0 radical (unpaired) electrons. The Morgan fingerprint density at radius 3 is 2.42 bits per heavy atom. The highest BCUT2D eigenvalue weighted by Crippen LogP contribution is 2.19. The highest BCUT2D eigenvalue weighted by Gasteiger charge is 2.17. The number of benzene rings is 2. The molecule has 1 atom stereocenters. The fourth-order valence-corrected chi connectivity index (χ4v) is 2.79. The molecule has 2 rings (SSSR count). The van der Waals surface area contributed by atoms with Crippen LogP contribution in [0.3, 0.4) is 0 Å². The van der Waals surface area contributed by atoms with Crippen LogP contribution in [0.15, 0.2) is 59.5 Å². The SMILES string of the molecule is Cc1ccc(SCCC(=O)O[C@@H](C)C(=O)Nc2ccccc2)cc1. The summed E-state index contributed by atoms with van der Waals surface area (Å²) in [5, 5.41) is 2.71. The molecule has 24 heavy (non-hydrogen) atoms. The van der Waals surface area contributed by atoms with Crippen LogP contribution in [0.5, 0.6) is 0 Å². The van der Waals surface area contributed by atoms with E-state index < -0.39 is 6.10 Å². The summed E-state index contributed by atoms with van der Waals surface area (Å²) < 4.78 is 5.18. The van der Waals surface area contributed by atoms with Gasteiger partial charge in [-0.3, -0.25) is 9.59 Å². The Morgan fingerprint density at radius 2 is 1.75 bits per heavy atom. The van der Waals surface area contributed by atoms with E-state index in [4.69, 9.17) is 4.74 Å². The number of anilines is 1. The van der Waals surface area contributed by atoms with Crippen LogP contribution in [0, 0.1) is 6.92 Å². The van der Waals surface area contributed by atoms with Crippen LogP contribution < -0.4 is 5.32 Å². The van der Waals surface area contributed by atoms with Gasteiger partial charge in [-0.1, -0.05) is 35.9 Å². The van der Waals surface area contributed by atoms with Crippen LogP contribution in [0.2, 0.25) is 0 Å². The molecule has 0 aliphatic carbocycles. The number of carbonyl (C=O) groups excluding carboxylic acids is 2. The lowest BCUT2D eigenvalue weighted by atomic mass is 10.2. The van der Waals surface area contributed by atoms with Crippen molar-refractivity contribution in [3.63, 3.8) is 0 Å². The van der Waals surface area contributed by atoms with Gasteiger partial charge >= 0.3 is 5.97 Å². The Kier molecular flexibility index (Phi) is 6.88. The van der Waals surface area contributed by atoms with E-state index in [9.17, 15) is 9.59 Å². The molecule has 5 heteroatoms. The number of thioether (sulfide) groups is 1. The van der Waals surface area contributed by atoms with Gasteiger partial charge in [-0.25, -0.2) is 0 Å². The minimum absolute atomic E-state index is 0.265. The maximum absolute atomic E-state index is 12.0. The number of nitrogens with one attached hydrogen (secondary N) is 1. The quantitative estimate of drug-likeness (QED) is 0.609. The molecule has 0 fully saturated rings. The summed E-state index contributed by atoms with van der Waals surface area (Å²) >= 11 is 1.59. The topological polar surface area (TPSA) is 55.4 Å². The Hall–Kier alpha value is -2.27. The lowest BCUT2D eigenvalue weighted by Gasteiger charge is -2.13. The van der Waals surface area contributed by atoms with Crippen molar-refractivity contribution in [1.29, 1.82) is 0 Å². The minimum atomic E-state index is -0.818. The number of para-hydroxylation sites is 1. The standard InChI is InChI=1S/C19H21NO3S/c1-14-8-10-17(11-9-14)24-13-12-18(21)23-15(2)19(22)20-16-6-4-3-5-7-16/h3-11,15H,12-13H2,1-2H3,(H,20,22)/t15-/m0/s1. The van der Waals surface area contributed by atoms with Crippen LogP contribution in [0.1, 0.15) is 18.9 Å². The van der Waals surface area contributed by atoms with Gasteiger partial charge in [-0.05, 0) is 38.1 Å². The second-order valence-corrected chi connectivity index (χ2v) is 6.57. The Morgan fingerprint density at radius 1 is 1.08 bits per heavy atom. The highest BCUT2D eigenvalue weighted by molar-refractivity contribution is 7.99. The molecule has 2 aromatic rings. The van der Waals surface area contributed by atoms with Gasteiger partial charge in [-0.15, -0.1) is 11.8 Å². The number of ether oxygens (including phenoxy) is 1. The van der Waals surface area contributed by atoms with Crippen LogP contribution >= 0.6 is 11.8 Å². The molecular formula is C19H21NO3S. The van der Waals surface area contributed by atoms with Crippen LogP contribution in [-0.4, -0.2) is 23.7 Å². The van der Waals surface area contributed by atoms with Crippen molar-refractivity contribution in [2.75, 3.05) is 11.1 Å². The largest absolute Gasteiger partial charge is 0.453 e. The van der Waals surface area contributed by atoms with E-state index in [1.165, 1.54) is 5.56 Å². The van der Waals surface area contributed by atoms with E-state index in [0.717, 1.165) is 4.90 Å². The smallest absolute Gasteiger partial charge is 0.307 e. The molecule has 0 unspecified atom stereocenters. The molecule has 0 bridgehead atoms. The molecule has 0 aromatic heterocycles. The van der Waals surface area contributed by atoms with E-state index >= 15 is 0 Å². The fourth-order valence-electron chi connectivity index (χ4n) is 1.96. The first-order chi connectivity index (χ1) is 11.5. The zero-order chi connectivity index (χ0) is 17.4. The van der Waals surface area contributed by atoms with Gasteiger partial charge in [0.1, 0.15) is 0 Å². The van der Waals surface area contributed by atoms with Gasteiger partial charge in [0.15, 0.2) is 6.10 Å². The lowest BCUT2D eigenvalue weighted by Crippen LogP contribution is -2.30. The van der Waals surface area contributed by atoms with Gasteiger partial charge in [-0.2, -0.15) is 0 Å². The third-order valence-electron chi connectivity index (χ3n) is 3.31. The number of hydrogen-bond donors (Lipinski definition) is 1. The molecule has 0 spiro atoms. The molecule has 0 saturated heterocycles. The van der Waals surface area contributed by atoms with Crippen molar-refractivity contribution in [1.82, 2.24) is 0 Å². The maximum Gasteiger partial charge on any atom is 0.307 e. The summed E-state index contributed by atoms with van der Waals surface area (Å²) in [5.41, 5.74) is 1.89. The molecule has 0 aliphatic heterocycles. The van der Waals surface area contributed by atoms with E-state index in [2.05, 4.69) is 5.32 Å². The van der Waals surface area contributed by atoms with E-state index in [-0.39, 0.29) is 18.3 Å². The molecule has 0 aliphatic rings. The van der Waals surface area contributed by atoms with Crippen molar-refractivity contribution in [2.24, 2.45) is 0 Å². The van der Waals surface area contributed by atoms with Gasteiger partial charge in [0.2, 0.25) is 0 Å². The molecule has 4 nitrogen and oxygen atoms in total. The molecule has 1 amide bonds. The normalized spacial score (nSPS) is 11.6. The minimum Gasteiger partial charge on any atom is -0.453 e. The van der Waals surface area contributed by atoms with Crippen molar-refractivity contribution >= 4 is 29.3 Å². The summed E-state index contributed by atoms with van der Waals surface area (Å²) in [5.74, 6) is -0.0828.